The van der Waals surface area contributed by atoms with Gasteiger partial charge in [-0.1, -0.05) is 31.5 Å². The second-order valence-corrected chi connectivity index (χ2v) is 9.25. The summed E-state index contributed by atoms with van der Waals surface area (Å²) in [5, 5.41) is 0. The van der Waals surface area contributed by atoms with Crippen LogP contribution in [0.15, 0.2) is 18.2 Å². The second kappa shape index (κ2) is 9.07. The predicted octanol–water partition coefficient (Wildman–Crippen LogP) is 4.28. The Balaban J connectivity index is 1.72. The first-order valence-electron chi connectivity index (χ1n) is 11.2. The maximum Gasteiger partial charge on any atom is 0.0458 e. The van der Waals surface area contributed by atoms with E-state index in [0.29, 0.717) is 0 Å². The summed E-state index contributed by atoms with van der Waals surface area (Å²) in [6.07, 6.45) is 9.02. The lowest BCUT2D eigenvalue weighted by atomic mass is 9.72. The molecule has 0 bridgehead atoms. The van der Waals surface area contributed by atoms with Gasteiger partial charge in [-0.15, -0.1) is 0 Å². The predicted molar refractivity (Wildman–Crippen MR) is 116 cm³/mol. The molecule has 0 spiro atoms. The maximum absolute atomic E-state index is 2.76. The summed E-state index contributed by atoms with van der Waals surface area (Å²) in [6, 6.07) is 8.10. The van der Waals surface area contributed by atoms with Gasteiger partial charge in [-0.3, -0.25) is 9.80 Å². The van der Waals surface area contributed by atoms with Crippen molar-refractivity contribution in [1.82, 2.24) is 14.7 Å². The first kappa shape index (κ1) is 20.8. The van der Waals surface area contributed by atoms with Crippen LogP contribution in [0.2, 0.25) is 0 Å². The van der Waals surface area contributed by atoms with E-state index in [0.717, 1.165) is 6.04 Å². The number of piperazine rings is 1. The molecule has 1 aliphatic heterocycles. The number of hydrogen-bond donors (Lipinski definition) is 0. The van der Waals surface area contributed by atoms with E-state index in [4.69, 9.17) is 0 Å². The lowest BCUT2D eigenvalue weighted by Crippen LogP contribution is -2.53. The molecule has 1 aliphatic carbocycles. The normalized spacial score (nSPS) is 28.0. The van der Waals surface area contributed by atoms with E-state index in [2.05, 4.69) is 67.9 Å². The summed E-state index contributed by atoms with van der Waals surface area (Å²) in [7, 11) is 6.84. The van der Waals surface area contributed by atoms with Crippen molar-refractivity contribution in [3.8, 4) is 0 Å². The molecule has 0 atom stereocenters. The SMILES string of the molecule is CCCCc1ccc(C2(N(C)C)CCC(N3CCN(C)CC3)CC2)c(C)c1. The van der Waals surface area contributed by atoms with Gasteiger partial charge in [0.25, 0.3) is 0 Å². The van der Waals surface area contributed by atoms with Crippen LogP contribution in [-0.2, 0) is 12.0 Å². The van der Waals surface area contributed by atoms with Gasteiger partial charge < -0.3 is 4.90 Å². The molecule has 1 heterocycles. The molecule has 2 aliphatic rings. The highest BCUT2D eigenvalue weighted by atomic mass is 15.3. The largest absolute Gasteiger partial charge is 0.304 e. The van der Waals surface area contributed by atoms with Crippen molar-refractivity contribution >= 4 is 0 Å². The first-order chi connectivity index (χ1) is 13.0. The minimum absolute atomic E-state index is 0.219. The zero-order chi connectivity index (χ0) is 19.4. The lowest BCUT2D eigenvalue weighted by molar-refractivity contribution is 0.0311. The summed E-state index contributed by atoms with van der Waals surface area (Å²) >= 11 is 0. The zero-order valence-corrected chi connectivity index (χ0v) is 18.4. The molecule has 0 amide bonds. The van der Waals surface area contributed by atoms with E-state index in [1.54, 1.807) is 5.56 Å². The van der Waals surface area contributed by atoms with E-state index in [-0.39, 0.29) is 5.54 Å². The number of benzene rings is 1. The third kappa shape index (κ3) is 4.58. The number of unbranched alkanes of at least 4 members (excludes halogenated alkanes) is 1. The Kier molecular flexibility index (Phi) is 6.99. The van der Waals surface area contributed by atoms with Gasteiger partial charge >= 0.3 is 0 Å². The number of nitrogens with zero attached hydrogens (tertiary/aromatic N) is 3. The molecule has 2 fully saturated rings. The summed E-state index contributed by atoms with van der Waals surface area (Å²) in [6.45, 7) is 9.58. The molecule has 27 heavy (non-hydrogen) atoms. The maximum atomic E-state index is 2.76. The van der Waals surface area contributed by atoms with Crippen LogP contribution in [0.25, 0.3) is 0 Å². The van der Waals surface area contributed by atoms with Gasteiger partial charge in [0.2, 0.25) is 0 Å². The Morgan fingerprint density at radius 2 is 1.74 bits per heavy atom. The standard InChI is InChI=1S/C24H41N3/c1-6-7-8-21-9-10-23(20(2)19-21)24(25(3)4)13-11-22(12-14-24)27-17-15-26(5)16-18-27/h9-10,19,22H,6-8,11-18H2,1-5H3. The van der Waals surface area contributed by atoms with Crippen LogP contribution in [-0.4, -0.2) is 68.1 Å². The molecule has 0 unspecified atom stereocenters. The summed E-state index contributed by atoms with van der Waals surface area (Å²) in [4.78, 5) is 7.74. The van der Waals surface area contributed by atoms with Crippen molar-refractivity contribution in [2.75, 3.05) is 47.3 Å². The average molecular weight is 372 g/mol. The van der Waals surface area contributed by atoms with Crippen LogP contribution in [0.5, 0.6) is 0 Å². The second-order valence-electron chi connectivity index (χ2n) is 9.25. The van der Waals surface area contributed by atoms with E-state index < -0.39 is 0 Å². The van der Waals surface area contributed by atoms with Gasteiger partial charge in [0.15, 0.2) is 0 Å². The fourth-order valence-electron chi connectivity index (χ4n) is 5.37. The number of likely N-dealkylation sites (N-methyl/N-ethyl adjacent to an activating group) is 1. The summed E-state index contributed by atoms with van der Waals surface area (Å²) < 4.78 is 0. The molecular formula is C24H41N3. The van der Waals surface area contributed by atoms with E-state index in [1.165, 1.54) is 82.3 Å². The Hall–Kier alpha value is -0.900. The van der Waals surface area contributed by atoms with Crippen LogP contribution >= 0.6 is 0 Å². The van der Waals surface area contributed by atoms with Crippen molar-refractivity contribution in [2.24, 2.45) is 0 Å². The molecular weight excluding hydrogens is 330 g/mol. The Bertz CT molecular complexity index is 594. The topological polar surface area (TPSA) is 9.72 Å². The number of hydrogen-bond acceptors (Lipinski definition) is 3. The van der Waals surface area contributed by atoms with Gasteiger partial charge in [0.05, 0.1) is 0 Å². The average Bonchev–Trinajstić information content (AvgIpc) is 2.67. The molecule has 0 aromatic heterocycles. The van der Waals surface area contributed by atoms with Gasteiger partial charge in [-0.25, -0.2) is 0 Å². The van der Waals surface area contributed by atoms with Crippen molar-refractivity contribution < 1.29 is 0 Å². The van der Waals surface area contributed by atoms with Crippen molar-refractivity contribution in [1.29, 1.82) is 0 Å². The van der Waals surface area contributed by atoms with Crippen LogP contribution < -0.4 is 0 Å². The molecule has 1 saturated heterocycles. The fraction of sp³-hybridized carbons (Fsp3) is 0.750. The quantitative estimate of drug-likeness (QED) is 0.739. The Labute approximate surface area is 167 Å². The molecule has 152 valence electrons. The summed E-state index contributed by atoms with van der Waals surface area (Å²) in [5.74, 6) is 0. The molecule has 1 aromatic carbocycles. The molecule has 0 N–H and O–H groups in total. The Morgan fingerprint density at radius 1 is 1.07 bits per heavy atom. The molecule has 1 saturated carbocycles. The molecule has 1 aromatic rings. The lowest BCUT2D eigenvalue weighted by Gasteiger charge is -2.49. The van der Waals surface area contributed by atoms with E-state index in [9.17, 15) is 0 Å². The van der Waals surface area contributed by atoms with Crippen LogP contribution in [0.1, 0.15) is 62.1 Å². The smallest absolute Gasteiger partial charge is 0.0458 e. The monoisotopic (exact) mass is 371 g/mol. The van der Waals surface area contributed by atoms with Gasteiger partial charge in [0, 0.05) is 37.8 Å². The van der Waals surface area contributed by atoms with Crippen LogP contribution in [0, 0.1) is 6.92 Å². The van der Waals surface area contributed by atoms with Crippen molar-refractivity contribution in [2.45, 2.75) is 70.4 Å². The van der Waals surface area contributed by atoms with Gasteiger partial charge in [0.1, 0.15) is 0 Å². The summed E-state index contributed by atoms with van der Waals surface area (Å²) in [5.41, 5.74) is 4.80. The highest BCUT2D eigenvalue weighted by Crippen LogP contribution is 2.43. The molecule has 3 heteroatoms. The minimum Gasteiger partial charge on any atom is -0.304 e. The fourth-order valence-corrected chi connectivity index (χ4v) is 5.37. The third-order valence-electron chi connectivity index (χ3n) is 7.30. The van der Waals surface area contributed by atoms with Crippen LogP contribution in [0.3, 0.4) is 0 Å². The van der Waals surface area contributed by atoms with Crippen LogP contribution in [0.4, 0.5) is 0 Å². The highest BCUT2D eigenvalue weighted by Gasteiger charge is 2.41. The Morgan fingerprint density at radius 3 is 2.30 bits per heavy atom. The van der Waals surface area contributed by atoms with Gasteiger partial charge in [-0.2, -0.15) is 0 Å². The zero-order valence-electron chi connectivity index (χ0n) is 18.4. The van der Waals surface area contributed by atoms with E-state index >= 15 is 0 Å². The number of rotatable bonds is 6. The molecule has 3 nitrogen and oxygen atoms in total. The minimum atomic E-state index is 0.219. The van der Waals surface area contributed by atoms with Crippen molar-refractivity contribution in [3.63, 3.8) is 0 Å². The molecule has 3 rings (SSSR count). The molecule has 0 radical (unpaired) electrons. The van der Waals surface area contributed by atoms with Gasteiger partial charge in [-0.05, 0) is 83.3 Å². The number of aryl methyl sites for hydroxylation is 2. The first-order valence-corrected chi connectivity index (χ1v) is 11.2. The highest BCUT2D eigenvalue weighted by molar-refractivity contribution is 5.37. The van der Waals surface area contributed by atoms with Crippen molar-refractivity contribution in [3.05, 3.63) is 34.9 Å². The van der Waals surface area contributed by atoms with E-state index in [1.807, 2.05) is 0 Å². The third-order valence-corrected chi connectivity index (χ3v) is 7.30.